The van der Waals surface area contributed by atoms with Crippen molar-refractivity contribution in [1.82, 2.24) is 19.9 Å². The number of rotatable bonds is 5. The minimum Gasteiger partial charge on any atom is -0.493 e. The van der Waals surface area contributed by atoms with Crippen molar-refractivity contribution in [2.75, 3.05) is 0 Å². The van der Waals surface area contributed by atoms with E-state index in [1.54, 1.807) is 6.92 Å². The first kappa shape index (κ1) is 17.5. The zero-order valence-corrected chi connectivity index (χ0v) is 15.2. The molecule has 0 fully saturated rings. The van der Waals surface area contributed by atoms with Gasteiger partial charge in [0.25, 0.3) is 5.91 Å². The summed E-state index contributed by atoms with van der Waals surface area (Å²) >= 11 is 0. The fourth-order valence-corrected chi connectivity index (χ4v) is 2.80. The first-order chi connectivity index (χ1) is 13.6. The van der Waals surface area contributed by atoms with Crippen LogP contribution in [-0.2, 0) is 6.54 Å². The predicted molar refractivity (Wildman–Crippen MR) is 104 cm³/mol. The molecule has 2 heterocycles. The summed E-state index contributed by atoms with van der Waals surface area (Å²) in [4.78, 5) is 16.8. The number of fused-ring (bicyclic) bond motifs is 1. The van der Waals surface area contributed by atoms with Crippen LogP contribution in [0.25, 0.3) is 5.65 Å². The molecule has 2 aromatic carbocycles. The summed E-state index contributed by atoms with van der Waals surface area (Å²) in [6, 6.07) is 18.5. The molecule has 140 valence electrons. The second-order valence-corrected chi connectivity index (χ2v) is 6.29. The molecule has 0 bridgehead atoms. The average molecular weight is 374 g/mol. The van der Waals surface area contributed by atoms with Gasteiger partial charge in [0.05, 0.1) is 6.20 Å². The molecule has 0 aliphatic rings. The third-order valence-electron chi connectivity index (χ3n) is 4.18. The lowest BCUT2D eigenvalue weighted by Crippen LogP contribution is -2.22. The zero-order valence-electron chi connectivity index (χ0n) is 15.2. The summed E-state index contributed by atoms with van der Waals surface area (Å²) in [5.74, 6) is 1.12. The van der Waals surface area contributed by atoms with E-state index in [9.17, 15) is 9.90 Å². The molecule has 0 spiro atoms. The Morgan fingerprint density at radius 1 is 1.11 bits per heavy atom. The van der Waals surface area contributed by atoms with E-state index in [4.69, 9.17) is 4.74 Å². The second-order valence-electron chi connectivity index (χ2n) is 6.29. The topological polar surface area (TPSA) is 88.8 Å². The number of benzene rings is 2. The number of ether oxygens (including phenoxy) is 1. The molecule has 4 aromatic rings. The van der Waals surface area contributed by atoms with E-state index >= 15 is 0 Å². The molecule has 0 saturated heterocycles. The van der Waals surface area contributed by atoms with Gasteiger partial charge in [-0.15, -0.1) is 0 Å². The molecule has 2 aromatic heterocycles. The van der Waals surface area contributed by atoms with Gasteiger partial charge >= 0.3 is 0 Å². The monoisotopic (exact) mass is 374 g/mol. The van der Waals surface area contributed by atoms with Crippen molar-refractivity contribution in [1.29, 1.82) is 0 Å². The number of hydrogen-bond donors (Lipinski definition) is 2. The number of nitrogens with one attached hydrogen (secondary N) is 1. The van der Waals surface area contributed by atoms with Gasteiger partial charge in [-0.2, -0.15) is 9.61 Å². The van der Waals surface area contributed by atoms with Gasteiger partial charge < -0.3 is 15.2 Å². The van der Waals surface area contributed by atoms with Crippen LogP contribution in [0, 0.1) is 6.92 Å². The Balaban J connectivity index is 1.42. The lowest BCUT2D eigenvalue weighted by atomic mass is 10.2. The van der Waals surface area contributed by atoms with Crippen molar-refractivity contribution in [2.45, 2.75) is 13.5 Å². The maximum absolute atomic E-state index is 12.5. The van der Waals surface area contributed by atoms with Crippen molar-refractivity contribution < 1.29 is 14.6 Å². The van der Waals surface area contributed by atoms with Gasteiger partial charge in [0.1, 0.15) is 17.1 Å². The standard InChI is InChI=1S/C21H18N4O3/c1-14-11-19(26)25-20(24-14)18(13-23-25)21(27)22-12-15-7-9-17(10-8-15)28-16-5-3-2-4-6-16/h2-11,13,26H,12H2,1H3,(H,22,27). The van der Waals surface area contributed by atoms with E-state index in [2.05, 4.69) is 15.4 Å². The molecule has 0 radical (unpaired) electrons. The fourth-order valence-electron chi connectivity index (χ4n) is 2.80. The highest BCUT2D eigenvalue weighted by molar-refractivity contribution is 5.99. The molecule has 0 aliphatic carbocycles. The van der Waals surface area contributed by atoms with E-state index in [1.807, 2.05) is 54.6 Å². The molecule has 0 atom stereocenters. The van der Waals surface area contributed by atoms with Crippen LogP contribution in [0.2, 0.25) is 0 Å². The van der Waals surface area contributed by atoms with Gasteiger partial charge in [-0.05, 0) is 36.8 Å². The minimum atomic E-state index is -0.308. The number of hydrogen-bond acceptors (Lipinski definition) is 5. The Bertz CT molecular complexity index is 1120. The smallest absolute Gasteiger partial charge is 0.257 e. The summed E-state index contributed by atoms with van der Waals surface area (Å²) < 4.78 is 6.99. The maximum atomic E-state index is 12.5. The van der Waals surface area contributed by atoms with Gasteiger partial charge in [-0.1, -0.05) is 30.3 Å². The van der Waals surface area contributed by atoms with Crippen molar-refractivity contribution in [2.24, 2.45) is 0 Å². The van der Waals surface area contributed by atoms with Gasteiger partial charge in [-0.3, -0.25) is 4.79 Å². The van der Waals surface area contributed by atoms with E-state index < -0.39 is 0 Å². The molecule has 1 amide bonds. The average Bonchev–Trinajstić information content (AvgIpc) is 3.12. The Hall–Kier alpha value is -3.87. The van der Waals surface area contributed by atoms with Crippen molar-refractivity contribution in [3.8, 4) is 17.4 Å². The van der Waals surface area contributed by atoms with Crippen LogP contribution in [0.3, 0.4) is 0 Å². The molecule has 4 rings (SSSR count). The third-order valence-corrected chi connectivity index (χ3v) is 4.18. The fraction of sp³-hybridized carbons (Fsp3) is 0.0952. The molecule has 7 nitrogen and oxygen atoms in total. The number of carbonyl (C=O) groups is 1. The summed E-state index contributed by atoms with van der Waals surface area (Å²) in [7, 11) is 0. The minimum absolute atomic E-state index is 0.0597. The number of amides is 1. The highest BCUT2D eigenvalue weighted by atomic mass is 16.5. The van der Waals surface area contributed by atoms with Crippen LogP contribution in [0.15, 0.2) is 66.9 Å². The summed E-state index contributed by atoms with van der Waals surface area (Å²) in [5.41, 5.74) is 2.16. The first-order valence-corrected chi connectivity index (χ1v) is 8.74. The molecular weight excluding hydrogens is 356 g/mol. The lowest BCUT2D eigenvalue weighted by Gasteiger charge is -2.08. The molecule has 0 saturated carbocycles. The SMILES string of the molecule is Cc1cc(O)n2ncc(C(=O)NCc3ccc(Oc4ccccc4)cc3)c2n1. The summed E-state index contributed by atoms with van der Waals surface area (Å²) in [6.07, 6.45) is 1.40. The van der Waals surface area contributed by atoms with Crippen LogP contribution in [0.4, 0.5) is 0 Å². The Morgan fingerprint density at radius 2 is 1.82 bits per heavy atom. The third kappa shape index (κ3) is 3.64. The molecule has 7 heteroatoms. The number of aromatic nitrogens is 3. The van der Waals surface area contributed by atoms with Gasteiger partial charge in [0, 0.05) is 18.3 Å². The molecule has 28 heavy (non-hydrogen) atoms. The Kier molecular flexibility index (Phi) is 4.63. The Morgan fingerprint density at radius 3 is 2.57 bits per heavy atom. The number of aryl methyl sites for hydroxylation is 1. The highest BCUT2D eigenvalue weighted by Gasteiger charge is 2.16. The van der Waals surface area contributed by atoms with Gasteiger partial charge in [-0.25, -0.2) is 4.98 Å². The number of nitrogens with zero attached hydrogens (tertiary/aromatic N) is 3. The highest BCUT2D eigenvalue weighted by Crippen LogP contribution is 2.21. The second kappa shape index (κ2) is 7.40. The van der Waals surface area contributed by atoms with Crippen LogP contribution >= 0.6 is 0 Å². The Labute approximate surface area is 161 Å². The maximum Gasteiger partial charge on any atom is 0.257 e. The molecular formula is C21H18N4O3. The van der Waals surface area contributed by atoms with Gasteiger partial charge in [0.15, 0.2) is 5.65 Å². The predicted octanol–water partition coefficient (Wildman–Crippen LogP) is 3.47. The van der Waals surface area contributed by atoms with E-state index in [0.29, 0.717) is 23.4 Å². The number of aromatic hydroxyl groups is 1. The summed E-state index contributed by atoms with van der Waals surface area (Å²) in [5, 5.41) is 16.8. The zero-order chi connectivity index (χ0) is 19.5. The molecule has 0 aliphatic heterocycles. The quantitative estimate of drug-likeness (QED) is 0.558. The van der Waals surface area contributed by atoms with Crippen LogP contribution in [0.5, 0.6) is 17.4 Å². The molecule has 0 unspecified atom stereocenters. The van der Waals surface area contributed by atoms with Crippen molar-refractivity contribution >= 4 is 11.6 Å². The van der Waals surface area contributed by atoms with Crippen LogP contribution < -0.4 is 10.1 Å². The van der Waals surface area contributed by atoms with Crippen LogP contribution in [-0.4, -0.2) is 25.6 Å². The summed E-state index contributed by atoms with van der Waals surface area (Å²) in [6.45, 7) is 2.09. The lowest BCUT2D eigenvalue weighted by molar-refractivity contribution is 0.0952. The number of para-hydroxylation sites is 1. The largest absolute Gasteiger partial charge is 0.493 e. The molecule has 2 N–H and O–H groups in total. The van der Waals surface area contributed by atoms with Crippen LogP contribution in [0.1, 0.15) is 21.6 Å². The number of carbonyl (C=O) groups excluding carboxylic acids is 1. The van der Waals surface area contributed by atoms with E-state index in [1.165, 1.54) is 16.8 Å². The van der Waals surface area contributed by atoms with Crippen molar-refractivity contribution in [3.63, 3.8) is 0 Å². The van der Waals surface area contributed by atoms with E-state index in [0.717, 1.165) is 17.1 Å². The van der Waals surface area contributed by atoms with Crippen molar-refractivity contribution in [3.05, 3.63) is 83.7 Å². The first-order valence-electron chi connectivity index (χ1n) is 8.74. The van der Waals surface area contributed by atoms with Gasteiger partial charge in [0.2, 0.25) is 5.88 Å². The van der Waals surface area contributed by atoms with E-state index in [-0.39, 0.29) is 11.8 Å². The normalized spacial score (nSPS) is 10.8.